The van der Waals surface area contributed by atoms with Gasteiger partial charge in [0.2, 0.25) is 0 Å². The molecule has 4 nitrogen and oxygen atoms in total. The quantitative estimate of drug-likeness (QED) is 0.848. The van der Waals surface area contributed by atoms with Gasteiger partial charge in [0.25, 0.3) is 0 Å². The van der Waals surface area contributed by atoms with Gasteiger partial charge < -0.3 is 9.88 Å². The van der Waals surface area contributed by atoms with Gasteiger partial charge in [0.15, 0.2) is 5.16 Å². The molecule has 0 bridgehead atoms. The van der Waals surface area contributed by atoms with Gasteiger partial charge in [0.1, 0.15) is 6.33 Å². The van der Waals surface area contributed by atoms with E-state index in [4.69, 9.17) is 0 Å². The molecule has 108 valence electrons. The predicted octanol–water partition coefficient (Wildman–Crippen LogP) is 3.42. The molecule has 0 radical (unpaired) electrons. The van der Waals surface area contributed by atoms with E-state index in [0.29, 0.717) is 6.04 Å². The average molecular weight is 290 g/mol. The maximum absolute atomic E-state index is 4.09. The van der Waals surface area contributed by atoms with Crippen LogP contribution in [0.4, 0.5) is 0 Å². The molecule has 0 saturated heterocycles. The minimum absolute atomic E-state index is 0.448. The fraction of sp³-hybridized carbons (Fsp3) is 0.467. The van der Waals surface area contributed by atoms with Crippen molar-refractivity contribution >= 4 is 11.8 Å². The molecule has 0 aliphatic carbocycles. The first-order chi connectivity index (χ1) is 9.74. The summed E-state index contributed by atoms with van der Waals surface area (Å²) in [5, 5.41) is 12.5. The Morgan fingerprint density at radius 2 is 2.00 bits per heavy atom. The van der Waals surface area contributed by atoms with Crippen LogP contribution in [0.2, 0.25) is 0 Å². The minimum Gasteiger partial charge on any atom is -0.311 e. The van der Waals surface area contributed by atoms with E-state index >= 15 is 0 Å². The van der Waals surface area contributed by atoms with Crippen LogP contribution in [0.5, 0.6) is 0 Å². The molecule has 0 saturated carbocycles. The maximum atomic E-state index is 4.09. The van der Waals surface area contributed by atoms with Gasteiger partial charge in [-0.3, -0.25) is 0 Å². The first kappa shape index (κ1) is 15.1. The van der Waals surface area contributed by atoms with E-state index < -0.39 is 0 Å². The van der Waals surface area contributed by atoms with Crippen LogP contribution in [0.3, 0.4) is 0 Å². The van der Waals surface area contributed by atoms with Gasteiger partial charge in [0.05, 0.1) is 0 Å². The number of aromatic nitrogens is 3. The molecule has 1 aromatic carbocycles. The van der Waals surface area contributed by atoms with Crippen molar-refractivity contribution in [1.82, 2.24) is 20.1 Å². The monoisotopic (exact) mass is 290 g/mol. The van der Waals surface area contributed by atoms with Crippen molar-refractivity contribution in [2.45, 2.75) is 42.8 Å². The summed E-state index contributed by atoms with van der Waals surface area (Å²) >= 11 is 1.64. The third-order valence-electron chi connectivity index (χ3n) is 3.21. The molecular weight excluding hydrogens is 268 g/mol. The maximum Gasteiger partial charge on any atom is 0.195 e. The number of nitrogens with zero attached hydrogens (tertiary/aromatic N) is 3. The number of aryl methyl sites for hydroxylation is 1. The topological polar surface area (TPSA) is 42.7 Å². The molecule has 1 heterocycles. The second-order valence-corrected chi connectivity index (χ2v) is 5.85. The lowest BCUT2D eigenvalue weighted by atomic mass is 10.0. The van der Waals surface area contributed by atoms with E-state index in [9.17, 15) is 0 Å². The van der Waals surface area contributed by atoms with Crippen molar-refractivity contribution in [1.29, 1.82) is 0 Å². The zero-order valence-electron chi connectivity index (χ0n) is 12.3. The lowest BCUT2D eigenvalue weighted by molar-refractivity contribution is 0.518. The molecule has 1 unspecified atom stereocenters. The Morgan fingerprint density at radius 3 is 2.55 bits per heavy atom. The largest absolute Gasteiger partial charge is 0.311 e. The van der Waals surface area contributed by atoms with E-state index in [2.05, 4.69) is 53.6 Å². The molecule has 2 aromatic rings. The summed E-state index contributed by atoms with van der Waals surface area (Å²) in [6, 6.07) is 9.17. The summed E-state index contributed by atoms with van der Waals surface area (Å²) in [5.74, 6) is 0. The fourth-order valence-corrected chi connectivity index (χ4v) is 2.82. The number of hydrogen-bond acceptors (Lipinski definition) is 4. The molecule has 2 rings (SSSR count). The zero-order valence-corrected chi connectivity index (χ0v) is 13.2. The Labute approximate surface area is 125 Å². The SMILES string of the molecule is CCCNC(CC)c1ccc(Sc2nncn2C)cc1. The third kappa shape index (κ3) is 3.84. The molecule has 0 fully saturated rings. The van der Waals surface area contributed by atoms with Gasteiger partial charge in [-0.25, -0.2) is 0 Å². The summed E-state index contributed by atoms with van der Waals surface area (Å²) in [6.07, 6.45) is 3.99. The van der Waals surface area contributed by atoms with Gasteiger partial charge in [-0.1, -0.05) is 26.0 Å². The average Bonchev–Trinajstić information content (AvgIpc) is 2.87. The Hall–Kier alpha value is -1.33. The van der Waals surface area contributed by atoms with Crippen LogP contribution >= 0.6 is 11.8 Å². The van der Waals surface area contributed by atoms with Crippen LogP contribution in [0, 0.1) is 0 Å². The summed E-state index contributed by atoms with van der Waals surface area (Å²) < 4.78 is 1.93. The van der Waals surface area contributed by atoms with E-state index in [1.807, 2.05) is 11.6 Å². The molecule has 1 atom stereocenters. The van der Waals surface area contributed by atoms with Crippen LogP contribution in [0.1, 0.15) is 38.3 Å². The molecule has 0 aliphatic heterocycles. The van der Waals surface area contributed by atoms with Crippen LogP contribution in [-0.4, -0.2) is 21.3 Å². The van der Waals surface area contributed by atoms with Crippen molar-refractivity contribution in [3.05, 3.63) is 36.2 Å². The van der Waals surface area contributed by atoms with E-state index in [1.54, 1.807) is 18.1 Å². The summed E-state index contributed by atoms with van der Waals surface area (Å²) in [4.78, 5) is 1.19. The van der Waals surface area contributed by atoms with Crippen molar-refractivity contribution in [3.8, 4) is 0 Å². The van der Waals surface area contributed by atoms with Crippen molar-refractivity contribution < 1.29 is 0 Å². The van der Waals surface area contributed by atoms with Gasteiger partial charge in [0, 0.05) is 18.0 Å². The Balaban J connectivity index is 2.03. The van der Waals surface area contributed by atoms with Crippen LogP contribution in [0.15, 0.2) is 40.6 Å². The Kier molecular flexibility index (Phi) is 5.61. The highest BCUT2D eigenvalue weighted by Crippen LogP contribution is 2.27. The van der Waals surface area contributed by atoms with Crippen LogP contribution in [0.25, 0.3) is 0 Å². The molecule has 1 N–H and O–H groups in total. The third-order valence-corrected chi connectivity index (χ3v) is 4.27. The van der Waals surface area contributed by atoms with Crippen LogP contribution in [-0.2, 0) is 7.05 Å². The molecule has 20 heavy (non-hydrogen) atoms. The molecule has 0 amide bonds. The van der Waals surface area contributed by atoms with Crippen molar-refractivity contribution in [2.75, 3.05) is 6.54 Å². The predicted molar refractivity (Wildman–Crippen MR) is 82.9 cm³/mol. The molecule has 0 spiro atoms. The highest BCUT2D eigenvalue weighted by molar-refractivity contribution is 7.99. The minimum atomic E-state index is 0.448. The molecular formula is C15H22N4S. The molecule has 5 heteroatoms. The van der Waals surface area contributed by atoms with Gasteiger partial charge >= 0.3 is 0 Å². The summed E-state index contributed by atoms with van der Waals surface area (Å²) in [6.45, 7) is 5.48. The van der Waals surface area contributed by atoms with Crippen molar-refractivity contribution in [3.63, 3.8) is 0 Å². The highest BCUT2D eigenvalue weighted by Gasteiger charge is 2.09. The summed E-state index contributed by atoms with van der Waals surface area (Å²) in [7, 11) is 1.96. The number of rotatable bonds is 7. The van der Waals surface area contributed by atoms with Gasteiger partial charge in [-0.15, -0.1) is 10.2 Å². The van der Waals surface area contributed by atoms with E-state index in [-0.39, 0.29) is 0 Å². The molecule has 1 aromatic heterocycles. The zero-order chi connectivity index (χ0) is 14.4. The van der Waals surface area contributed by atoms with E-state index in [0.717, 1.165) is 24.5 Å². The second-order valence-electron chi connectivity index (χ2n) is 4.81. The van der Waals surface area contributed by atoms with Crippen LogP contribution < -0.4 is 5.32 Å². The molecule has 0 aliphatic rings. The van der Waals surface area contributed by atoms with Gasteiger partial charge in [-0.05, 0) is 48.8 Å². The standard InChI is InChI=1S/C15H22N4S/c1-4-10-16-14(5-2)12-6-8-13(9-7-12)20-15-18-17-11-19(15)3/h6-9,11,14,16H,4-5,10H2,1-3H3. The Morgan fingerprint density at radius 1 is 1.25 bits per heavy atom. The first-order valence-corrected chi connectivity index (χ1v) is 7.91. The summed E-state index contributed by atoms with van der Waals surface area (Å²) in [5.41, 5.74) is 1.35. The van der Waals surface area contributed by atoms with Crippen molar-refractivity contribution in [2.24, 2.45) is 7.05 Å². The fourth-order valence-electron chi connectivity index (χ4n) is 2.06. The number of hydrogen-bond donors (Lipinski definition) is 1. The highest BCUT2D eigenvalue weighted by atomic mass is 32.2. The van der Waals surface area contributed by atoms with E-state index in [1.165, 1.54) is 10.5 Å². The van der Waals surface area contributed by atoms with Gasteiger partial charge in [-0.2, -0.15) is 0 Å². The lowest BCUT2D eigenvalue weighted by Crippen LogP contribution is -2.21. The smallest absolute Gasteiger partial charge is 0.195 e. The first-order valence-electron chi connectivity index (χ1n) is 7.09. The Bertz CT molecular complexity index is 521. The number of benzene rings is 1. The lowest BCUT2D eigenvalue weighted by Gasteiger charge is -2.17. The number of nitrogens with one attached hydrogen (secondary N) is 1. The normalized spacial score (nSPS) is 12.6. The second kappa shape index (κ2) is 7.45.